The van der Waals surface area contributed by atoms with E-state index in [0.717, 1.165) is 39.0 Å². The molecule has 0 aromatic rings. The Balaban J connectivity index is 1.98. The molecule has 6 heteroatoms. The van der Waals surface area contributed by atoms with E-state index >= 15 is 0 Å². The Morgan fingerprint density at radius 2 is 1.70 bits per heavy atom. The quantitative estimate of drug-likeness (QED) is 0.843. The van der Waals surface area contributed by atoms with Gasteiger partial charge >= 0.3 is 6.09 Å². The number of carbonyl (C=O) groups is 2. The fourth-order valence-electron chi connectivity index (χ4n) is 3.40. The van der Waals surface area contributed by atoms with Crippen LogP contribution in [0.15, 0.2) is 0 Å². The van der Waals surface area contributed by atoms with Gasteiger partial charge in [0.25, 0.3) is 0 Å². The first-order chi connectivity index (χ1) is 10.6. The lowest BCUT2D eigenvalue weighted by Gasteiger charge is -2.34. The van der Waals surface area contributed by atoms with Crippen LogP contribution in [0.1, 0.15) is 53.9 Å². The molecule has 23 heavy (non-hydrogen) atoms. The van der Waals surface area contributed by atoms with Crippen molar-refractivity contribution in [3.05, 3.63) is 0 Å². The summed E-state index contributed by atoms with van der Waals surface area (Å²) in [4.78, 5) is 29.3. The highest BCUT2D eigenvalue weighted by atomic mass is 16.6. The zero-order valence-corrected chi connectivity index (χ0v) is 15.1. The van der Waals surface area contributed by atoms with Gasteiger partial charge in [-0.15, -0.1) is 0 Å². The maximum Gasteiger partial charge on any atom is 0.408 e. The summed E-state index contributed by atoms with van der Waals surface area (Å²) in [6, 6.07) is 0.471. The smallest absolute Gasteiger partial charge is 0.408 e. The normalized spacial score (nSPS) is 23.2. The largest absolute Gasteiger partial charge is 0.444 e. The van der Waals surface area contributed by atoms with E-state index in [4.69, 9.17) is 4.74 Å². The van der Waals surface area contributed by atoms with E-state index in [2.05, 4.69) is 10.2 Å². The molecule has 0 aromatic heterocycles. The van der Waals surface area contributed by atoms with Crippen LogP contribution < -0.4 is 5.32 Å². The molecule has 1 N–H and O–H groups in total. The van der Waals surface area contributed by atoms with E-state index in [9.17, 15) is 9.59 Å². The van der Waals surface area contributed by atoms with E-state index in [1.807, 2.05) is 25.7 Å². The van der Waals surface area contributed by atoms with Gasteiger partial charge in [0.2, 0.25) is 5.91 Å². The number of carbonyl (C=O) groups excluding carboxylic acids is 2. The Morgan fingerprint density at radius 3 is 2.35 bits per heavy atom. The standard InChI is InChI=1S/C17H31N3O3/c1-16(2,3)23-15(22)18-17(4,5)14(21)20-11-7-10-19-9-6-8-13(19)12-20/h13H,6-12H2,1-5H3,(H,18,22)/t13-/m1/s1. The Labute approximate surface area is 139 Å². The number of hydrogen-bond donors (Lipinski definition) is 1. The summed E-state index contributed by atoms with van der Waals surface area (Å²) in [6.45, 7) is 12.7. The second-order valence-corrected chi connectivity index (χ2v) is 8.19. The zero-order chi connectivity index (χ0) is 17.3. The van der Waals surface area contributed by atoms with Gasteiger partial charge in [0.05, 0.1) is 0 Å². The molecule has 0 radical (unpaired) electrons. The molecule has 2 aliphatic heterocycles. The summed E-state index contributed by atoms with van der Waals surface area (Å²) in [7, 11) is 0. The van der Waals surface area contributed by atoms with Crippen LogP contribution in [-0.4, -0.2) is 65.2 Å². The fourth-order valence-corrected chi connectivity index (χ4v) is 3.40. The monoisotopic (exact) mass is 325 g/mol. The predicted molar refractivity (Wildman–Crippen MR) is 89.2 cm³/mol. The predicted octanol–water partition coefficient (Wildman–Crippen LogP) is 1.99. The molecule has 0 spiro atoms. The van der Waals surface area contributed by atoms with E-state index in [-0.39, 0.29) is 5.91 Å². The Morgan fingerprint density at radius 1 is 1.04 bits per heavy atom. The molecule has 132 valence electrons. The second kappa shape index (κ2) is 6.67. The van der Waals surface area contributed by atoms with E-state index in [0.29, 0.717) is 6.04 Å². The van der Waals surface area contributed by atoms with Crippen molar-refractivity contribution < 1.29 is 14.3 Å². The first kappa shape index (κ1) is 18.0. The van der Waals surface area contributed by atoms with E-state index in [1.54, 1.807) is 13.8 Å². The molecule has 1 atom stereocenters. The first-order valence-corrected chi connectivity index (χ1v) is 8.63. The molecule has 0 unspecified atom stereocenters. The zero-order valence-electron chi connectivity index (χ0n) is 15.1. The number of fused-ring (bicyclic) bond motifs is 1. The molecule has 0 aliphatic carbocycles. The van der Waals surface area contributed by atoms with Crippen LogP contribution in [0.25, 0.3) is 0 Å². The highest BCUT2D eigenvalue weighted by Gasteiger charge is 2.38. The number of hydrogen-bond acceptors (Lipinski definition) is 4. The summed E-state index contributed by atoms with van der Waals surface area (Å²) in [5.74, 6) is -0.0305. The Bertz CT molecular complexity index is 456. The average molecular weight is 325 g/mol. The van der Waals surface area contributed by atoms with Gasteiger partial charge in [0.15, 0.2) is 0 Å². The van der Waals surface area contributed by atoms with Crippen LogP contribution in [0.5, 0.6) is 0 Å². The van der Waals surface area contributed by atoms with Crippen molar-refractivity contribution in [1.82, 2.24) is 15.1 Å². The maximum atomic E-state index is 12.9. The van der Waals surface area contributed by atoms with Crippen LogP contribution in [0, 0.1) is 0 Å². The van der Waals surface area contributed by atoms with Gasteiger partial charge in [0.1, 0.15) is 11.1 Å². The lowest BCUT2D eigenvalue weighted by molar-refractivity contribution is -0.137. The highest BCUT2D eigenvalue weighted by molar-refractivity contribution is 5.89. The number of rotatable bonds is 2. The number of amides is 2. The molecule has 6 nitrogen and oxygen atoms in total. The molecule has 0 saturated carbocycles. The van der Waals surface area contributed by atoms with Crippen molar-refractivity contribution in [2.24, 2.45) is 0 Å². The minimum atomic E-state index is -0.962. The molecule has 0 aromatic carbocycles. The fraction of sp³-hybridized carbons (Fsp3) is 0.882. The van der Waals surface area contributed by atoms with Crippen molar-refractivity contribution in [2.45, 2.75) is 71.1 Å². The van der Waals surface area contributed by atoms with Gasteiger partial charge in [-0.3, -0.25) is 9.69 Å². The summed E-state index contributed by atoms with van der Waals surface area (Å²) in [5, 5.41) is 2.72. The minimum absolute atomic E-state index is 0.0305. The molecular formula is C17H31N3O3. The summed E-state index contributed by atoms with van der Waals surface area (Å²) < 4.78 is 5.28. The second-order valence-electron chi connectivity index (χ2n) is 8.19. The van der Waals surface area contributed by atoms with Crippen LogP contribution in [-0.2, 0) is 9.53 Å². The Hall–Kier alpha value is -1.30. The number of nitrogens with one attached hydrogen (secondary N) is 1. The van der Waals surface area contributed by atoms with E-state index < -0.39 is 17.2 Å². The topological polar surface area (TPSA) is 61.9 Å². The van der Waals surface area contributed by atoms with Crippen LogP contribution in [0.3, 0.4) is 0 Å². The van der Waals surface area contributed by atoms with E-state index in [1.165, 1.54) is 6.42 Å². The molecule has 2 rings (SSSR count). The average Bonchev–Trinajstić information content (AvgIpc) is 2.72. The van der Waals surface area contributed by atoms with Gasteiger partial charge in [-0.2, -0.15) is 0 Å². The first-order valence-electron chi connectivity index (χ1n) is 8.63. The molecular weight excluding hydrogens is 294 g/mol. The SMILES string of the molecule is CC(C)(C)OC(=O)NC(C)(C)C(=O)N1CCCN2CCC[C@@H]2C1. The number of ether oxygens (including phenoxy) is 1. The van der Waals surface area contributed by atoms with Crippen molar-refractivity contribution >= 4 is 12.0 Å². The third kappa shape index (κ3) is 4.83. The lowest BCUT2D eigenvalue weighted by Crippen LogP contribution is -2.57. The Kier molecular flexibility index (Phi) is 5.23. The minimum Gasteiger partial charge on any atom is -0.444 e. The summed E-state index contributed by atoms with van der Waals surface area (Å²) in [5.41, 5.74) is -1.54. The molecule has 2 saturated heterocycles. The lowest BCUT2D eigenvalue weighted by atomic mass is 10.0. The van der Waals surface area contributed by atoms with Gasteiger partial charge in [0, 0.05) is 25.7 Å². The number of alkyl carbamates (subject to hydrolysis) is 1. The van der Waals surface area contributed by atoms with Gasteiger partial charge in [-0.1, -0.05) is 0 Å². The van der Waals surface area contributed by atoms with Crippen LogP contribution >= 0.6 is 0 Å². The summed E-state index contributed by atoms with van der Waals surface area (Å²) in [6.07, 6.45) is 2.81. The van der Waals surface area contributed by atoms with Crippen LogP contribution in [0.2, 0.25) is 0 Å². The van der Waals surface area contributed by atoms with Crippen molar-refractivity contribution in [3.63, 3.8) is 0 Å². The highest BCUT2D eigenvalue weighted by Crippen LogP contribution is 2.23. The van der Waals surface area contributed by atoms with Crippen molar-refractivity contribution in [3.8, 4) is 0 Å². The molecule has 0 bridgehead atoms. The van der Waals surface area contributed by atoms with Gasteiger partial charge in [-0.05, 0) is 60.4 Å². The van der Waals surface area contributed by atoms with Gasteiger partial charge < -0.3 is 15.0 Å². The third-order valence-electron chi connectivity index (χ3n) is 4.44. The maximum absolute atomic E-state index is 12.9. The molecule has 2 amide bonds. The molecule has 2 heterocycles. The van der Waals surface area contributed by atoms with Crippen molar-refractivity contribution in [2.75, 3.05) is 26.2 Å². The third-order valence-corrected chi connectivity index (χ3v) is 4.44. The molecule has 2 fully saturated rings. The summed E-state index contributed by atoms with van der Waals surface area (Å²) >= 11 is 0. The molecule has 2 aliphatic rings. The van der Waals surface area contributed by atoms with Gasteiger partial charge in [-0.25, -0.2) is 4.79 Å². The van der Waals surface area contributed by atoms with Crippen molar-refractivity contribution in [1.29, 1.82) is 0 Å². The number of nitrogens with zero attached hydrogens (tertiary/aromatic N) is 2. The van der Waals surface area contributed by atoms with Crippen LogP contribution in [0.4, 0.5) is 4.79 Å².